The maximum absolute atomic E-state index is 9.13. The summed E-state index contributed by atoms with van der Waals surface area (Å²) in [5, 5.41) is 22.8. The van der Waals surface area contributed by atoms with Gasteiger partial charge in [0.25, 0.3) is 0 Å². The minimum atomic E-state index is -0.00547. The van der Waals surface area contributed by atoms with Gasteiger partial charge in [0.15, 0.2) is 0 Å². The Hall–Kier alpha value is -1.27. The Labute approximate surface area is 127 Å². The molecule has 0 aliphatic heterocycles. The molecule has 1 heterocycles. The van der Waals surface area contributed by atoms with Crippen molar-refractivity contribution in [3.63, 3.8) is 0 Å². The molecule has 0 aliphatic carbocycles. The molecule has 0 fully saturated rings. The number of nitrogen functional groups attached to an aromatic ring is 1. The predicted octanol–water partition coefficient (Wildman–Crippen LogP) is 2.44. The second kappa shape index (κ2) is 6.95. The molecule has 1 aromatic carbocycles. The third-order valence-corrected chi connectivity index (χ3v) is 4.02. The Balaban J connectivity index is 2.44. The number of hydrogen-bond acceptors (Lipinski definition) is 5. The Kier molecular flexibility index (Phi) is 5.25. The van der Waals surface area contributed by atoms with E-state index in [1.165, 1.54) is 0 Å². The third kappa shape index (κ3) is 3.24. The third-order valence-electron chi connectivity index (χ3n) is 3.03. The van der Waals surface area contributed by atoms with Crippen LogP contribution in [0.4, 0.5) is 11.4 Å². The van der Waals surface area contributed by atoms with Gasteiger partial charge in [0, 0.05) is 24.3 Å². The van der Waals surface area contributed by atoms with E-state index in [4.69, 9.17) is 27.5 Å². The first-order valence-electron chi connectivity index (χ1n) is 6.25. The van der Waals surface area contributed by atoms with Crippen molar-refractivity contribution in [2.24, 2.45) is 0 Å². The number of nitrogens with two attached hydrogens (primary N) is 1. The molecule has 4 N–H and O–H groups in total. The summed E-state index contributed by atoms with van der Waals surface area (Å²) in [6, 6.07) is 5.62. The van der Waals surface area contributed by atoms with Crippen LogP contribution in [-0.4, -0.2) is 36.5 Å². The van der Waals surface area contributed by atoms with E-state index >= 15 is 0 Å². The topological polar surface area (TPSA) is 69.7 Å². The Morgan fingerprint density at radius 2 is 1.90 bits per heavy atom. The van der Waals surface area contributed by atoms with Crippen LogP contribution in [0.5, 0.6) is 0 Å². The van der Waals surface area contributed by atoms with E-state index in [1.807, 2.05) is 27.8 Å². The first kappa shape index (κ1) is 15.1. The molecule has 6 heteroatoms. The number of anilines is 2. The SMILES string of the molecule is Nc1cc(Cl)c(N(CCO)CCO)cc1-c1ccsc1. The lowest BCUT2D eigenvalue weighted by atomic mass is 10.1. The first-order chi connectivity index (χ1) is 9.67. The van der Waals surface area contributed by atoms with Crippen molar-refractivity contribution < 1.29 is 10.2 Å². The lowest BCUT2D eigenvalue weighted by Crippen LogP contribution is -2.30. The molecule has 108 valence electrons. The van der Waals surface area contributed by atoms with Gasteiger partial charge >= 0.3 is 0 Å². The predicted molar refractivity (Wildman–Crippen MR) is 85.6 cm³/mol. The molecule has 0 spiro atoms. The van der Waals surface area contributed by atoms with E-state index in [9.17, 15) is 0 Å². The molecule has 2 aromatic rings. The summed E-state index contributed by atoms with van der Waals surface area (Å²) in [6.07, 6.45) is 0. The van der Waals surface area contributed by atoms with Gasteiger partial charge in [-0.05, 0) is 34.5 Å². The number of rotatable bonds is 6. The molecule has 20 heavy (non-hydrogen) atoms. The van der Waals surface area contributed by atoms with Crippen LogP contribution in [0.2, 0.25) is 5.02 Å². The van der Waals surface area contributed by atoms with Gasteiger partial charge in [-0.2, -0.15) is 11.3 Å². The summed E-state index contributed by atoms with van der Waals surface area (Å²) in [7, 11) is 0. The number of aliphatic hydroxyl groups excluding tert-OH is 2. The highest BCUT2D eigenvalue weighted by molar-refractivity contribution is 7.08. The van der Waals surface area contributed by atoms with Crippen molar-refractivity contribution in [1.82, 2.24) is 0 Å². The molecule has 0 unspecified atom stereocenters. The summed E-state index contributed by atoms with van der Waals surface area (Å²) in [6.45, 7) is 0.809. The van der Waals surface area contributed by atoms with Gasteiger partial charge in [-0.15, -0.1) is 0 Å². The molecule has 0 aliphatic rings. The number of nitrogens with zero attached hydrogens (tertiary/aromatic N) is 1. The van der Waals surface area contributed by atoms with Crippen molar-refractivity contribution in [1.29, 1.82) is 0 Å². The van der Waals surface area contributed by atoms with Crippen LogP contribution in [-0.2, 0) is 0 Å². The molecular weight excluding hydrogens is 296 g/mol. The minimum Gasteiger partial charge on any atom is -0.398 e. The quantitative estimate of drug-likeness (QED) is 0.717. The Bertz CT molecular complexity index is 555. The van der Waals surface area contributed by atoms with E-state index in [1.54, 1.807) is 17.4 Å². The van der Waals surface area contributed by atoms with Crippen LogP contribution < -0.4 is 10.6 Å². The molecule has 0 bridgehead atoms. The van der Waals surface area contributed by atoms with Crippen molar-refractivity contribution in [3.05, 3.63) is 34.0 Å². The smallest absolute Gasteiger partial charge is 0.0660 e. The second-order valence-electron chi connectivity index (χ2n) is 4.34. The van der Waals surface area contributed by atoms with Crippen LogP contribution in [0.15, 0.2) is 29.0 Å². The number of thiophene rings is 1. The molecular formula is C14H17ClN2O2S. The molecule has 0 amide bonds. The van der Waals surface area contributed by atoms with Crippen molar-refractivity contribution in [3.8, 4) is 11.1 Å². The molecule has 0 saturated heterocycles. The van der Waals surface area contributed by atoms with E-state index in [-0.39, 0.29) is 13.2 Å². The van der Waals surface area contributed by atoms with Crippen LogP contribution in [0.25, 0.3) is 11.1 Å². The average molecular weight is 313 g/mol. The van der Waals surface area contributed by atoms with Crippen molar-refractivity contribution in [2.45, 2.75) is 0 Å². The molecule has 0 saturated carbocycles. The number of aliphatic hydroxyl groups is 2. The zero-order valence-corrected chi connectivity index (χ0v) is 12.5. The van der Waals surface area contributed by atoms with E-state index in [0.717, 1.165) is 16.8 Å². The fourth-order valence-corrected chi connectivity index (χ4v) is 3.03. The molecule has 0 radical (unpaired) electrons. The fourth-order valence-electron chi connectivity index (χ4n) is 2.08. The summed E-state index contributed by atoms with van der Waals surface area (Å²) in [5.41, 5.74) is 9.37. The highest BCUT2D eigenvalue weighted by Crippen LogP contribution is 2.36. The van der Waals surface area contributed by atoms with Gasteiger partial charge in [0.2, 0.25) is 0 Å². The standard InChI is InChI=1S/C14H17ClN2O2S/c15-12-8-13(16)11(10-1-6-20-9-10)7-14(12)17(2-4-18)3-5-19/h1,6-9,18-19H,2-5,16H2. The lowest BCUT2D eigenvalue weighted by Gasteiger charge is -2.25. The zero-order valence-electron chi connectivity index (χ0n) is 10.9. The monoisotopic (exact) mass is 312 g/mol. The summed E-state index contributed by atoms with van der Waals surface area (Å²) >= 11 is 7.85. The van der Waals surface area contributed by atoms with E-state index < -0.39 is 0 Å². The maximum atomic E-state index is 9.13. The molecule has 4 nitrogen and oxygen atoms in total. The number of halogens is 1. The largest absolute Gasteiger partial charge is 0.398 e. The summed E-state index contributed by atoms with van der Waals surface area (Å²) in [5.74, 6) is 0. The minimum absolute atomic E-state index is 0.00547. The van der Waals surface area contributed by atoms with Crippen LogP contribution in [0, 0.1) is 0 Å². The lowest BCUT2D eigenvalue weighted by molar-refractivity contribution is 0.281. The van der Waals surface area contributed by atoms with Gasteiger partial charge in [-0.25, -0.2) is 0 Å². The summed E-state index contributed by atoms with van der Waals surface area (Å²) < 4.78 is 0. The van der Waals surface area contributed by atoms with E-state index in [2.05, 4.69) is 0 Å². The Morgan fingerprint density at radius 3 is 2.45 bits per heavy atom. The van der Waals surface area contributed by atoms with Crippen molar-refractivity contribution in [2.75, 3.05) is 36.9 Å². The van der Waals surface area contributed by atoms with Gasteiger partial charge in [-0.1, -0.05) is 11.6 Å². The fraction of sp³-hybridized carbons (Fsp3) is 0.286. The molecule has 0 atom stereocenters. The zero-order chi connectivity index (χ0) is 14.5. The van der Waals surface area contributed by atoms with Gasteiger partial charge in [-0.3, -0.25) is 0 Å². The van der Waals surface area contributed by atoms with Crippen LogP contribution in [0.3, 0.4) is 0 Å². The van der Waals surface area contributed by atoms with Crippen LogP contribution >= 0.6 is 22.9 Å². The van der Waals surface area contributed by atoms with Gasteiger partial charge in [0.1, 0.15) is 0 Å². The van der Waals surface area contributed by atoms with Crippen molar-refractivity contribution >= 4 is 34.3 Å². The Morgan fingerprint density at radius 1 is 1.20 bits per heavy atom. The summed E-state index contributed by atoms with van der Waals surface area (Å²) in [4.78, 5) is 1.84. The average Bonchev–Trinajstić information content (AvgIpc) is 2.92. The number of hydrogen-bond donors (Lipinski definition) is 3. The maximum Gasteiger partial charge on any atom is 0.0660 e. The normalized spacial score (nSPS) is 10.8. The molecule has 2 rings (SSSR count). The van der Waals surface area contributed by atoms with Crippen LogP contribution in [0.1, 0.15) is 0 Å². The number of benzene rings is 1. The van der Waals surface area contributed by atoms with E-state index in [0.29, 0.717) is 23.8 Å². The molecule has 1 aromatic heterocycles. The highest BCUT2D eigenvalue weighted by Gasteiger charge is 2.14. The second-order valence-corrected chi connectivity index (χ2v) is 5.52. The first-order valence-corrected chi connectivity index (χ1v) is 7.57. The highest BCUT2D eigenvalue weighted by atomic mass is 35.5. The van der Waals surface area contributed by atoms with Gasteiger partial charge in [0.05, 0.1) is 23.9 Å². The van der Waals surface area contributed by atoms with Gasteiger partial charge < -0.3 is 20.8 Å².